The normalized spacial score (nSPS) is 15.0. The predicted octanol–water partition coefficient (Wildman–Crippen LogP) is 6.39. The molecular weight excluding hydrogens is 530 g/mol. The van der Waals surface area contributed by atoms with Gasteiger partial charge in [-0.05, 0) is 42.7 Å². The number of benzene rings is 3. The van der Waals surface area contributed by atoms with Crippen LogP contribution in [-0.2, 0) is 14.4 Å². The lowest BCUT2D eigenvalue weighted by Gasteiger charge is -2.28. The average molecular weight is 562 g/mol. The predicted molar refractivity (Wildman–Crippen MR) is 167 cm³/mol. The van der Waals surface area contributed by atoms with Gasteiger partial charge in [-0.2, -0.15) is 4.99 Å². The summed E-state index contributed by atoms with van der Waals surface area (Å²) in [7, 11) is 0. The van der Waals surface area contributed by atoms with Crippen LogP contribution in [-0.4, -0.2) is 33.5 Å². The van der Waals surface area contributed by atoms with Crippen LogP contribution in [0.5, 0.6) is 0 Å². The lowest BCUT2D eigenvalue weighted by molar-refractivity contribution is -0.126. The minimum absolute atomic E-state index is 0.0504. The van der Waals surface area contributed by atoms with E-state index in [-0.39, 0.29) is 28.4 Å². The van der Waals surface area contributed by atoms with Crippen LogP contribution in [0.3, 0.4) is 0 Å². The Balaban J connectivity index is 1.61. The molecule has 0 saturated carbocycles. The number of hydrogen-bond donors (Lipinski definition) is 1. The molecule has 41 heavy (non-hydrogen) atoms. The Hall–Kier alpha value is -4.75. The molecule has 3 amide bonds. The van der Waals surface area contributed by atoms with Gasteiger partial charge in [-0.15, -0.1) is 0 Å². The summed E-state index contributed by atoms with van der Waals surface area (Å²) in [5, 5.41) is 3.23. The van der Waals surface area contributed by atoms with Crippen LogP contribution < -0.4 is 5.32 Å². The van der Waals surface area contributed by atoms with Gasteiger partial charge in [-0.1, -0.05) is 127 Å². The molecule has 0 spiro atoms. The van der Waals surface area contributed by atoms with E-state index in [1.165, 1.54) is 4.90 Å². The molecule has 206 valence electrons. The summed E-state index contributed by atoms with van der Waals surface area (Å²) in [5.41, 5.74) is 4.07. The number of aryl methyl sites for hydroxylation is 1. The van der Waals surface area contributed by atoms with Crippen LogP contribution in [0.4, 0.5) is 0 Å². The number of rotatable bonds is 9. The second-order valence-corrected chi connectivity index (χ2v) is 10.2. The summed E-state index contributed by atoms with van der Waals surface area (Å²) in [6.45, 7) is 7.43. The third-order valence-corrected chi connectivity index (χ3v) is 7.20. The number of allylic oxidation sites excluding steroid dienone is 4. The topological polar surface area (TPSA) is 78.8 Å². The zero-order valence-electron chi connectivity index (χ0n) is 23.0. The maximum atomic E-state index is 13.7. The summed E-state index contributed by atoms with van der Waals surface area (Å²) < 4.78 is 0. The molecule has 0 radical (unpaired) electrons. The van der Waals surface area contributed by atoms with Crippen LogP contribution in [0.25, 0.3) is 6.08 Å². The highest BCUT2D eigenvalue weighted by Gasteiger charge is 2.35. The highest BCUT2D eigenvalue weighted by Crippen LogP contribution is 2.27. The van der Waals surface area contributed by atoms with Crippen LogP contribution in [0, 0.1) is 6.92 Å². The summed E-state index contributed by atoms with van der Waals surface area (Å²) in [6.07, 6.45) is 8.30. The molecule has 0 bridgehead atoms. The fourth-order valence-electron chi connectivity index (χ4n) is 4.32. The molecule has 0 atom stereocenters. The molecule has 1 aliphatic rings. The molecule has 0 saturated heterocycles. The molecule has 1 heterocycles. The quantitative estimate of drug-likeness (QED) is 0.187. The third-order valence-electron chi connectivity index (χ3n) is 6.27. The van der Waals surface area contributed by atoms with Crippen molar-refractivity contribution < 1.29 is 14.4 Å². The van der Waals surface area contributed by atoms with Gasteiger partial charge in [0.1, 0.15) is 5.57 Å². The molecule has 0 unspecified atom stereocenters. The third kappa shape index (κ3) is 7.47. The van der Waals surface area contributed by atoms with Gasteiger partial charge >= 0.3 is 0 Å². The number of carbonyl (C=O) groups is 3. The van der Waals surface area contributed by atoms with Gasteiger partial charge in [0.05, 0.1) is 11.8 Å². The van der Waals surface area contributed by atoms with Crippen LogP contribution in [0.15, 0.2) is 132 Å². The molecule has 3 aromatic rings. The lowest BCUT2D eigenvalue weighted by atomic mass is 9.99. The number of thioether (sulfide) groups is 1. The first-order valence-electron chi connectivity index (χ1n) is 13.1. The van der Waals surface area contributed by atoms with E-state index >= 15 is 0 Å². The Morgan fingerprint density at radius 2 is 1.66 bits per heavy atom. The number of nitrogens with one attached hydrogen (secondary N) is 1. The largest absolute Gasteiger partial charge is 0.344 e. The molecule has 0 fully saturated rings. The van der Waals surface area contributed by atoms with Crippen LogP contribution in [0.1, 0.15) is 35.2 Å². The molecule has 7 heteroatoms. The molecule has 0 aromatic heterocycles. The number of hydrogen-bond acceptors (Lipinski definition) is 4. The van der Waals surface area contributed by atoms with Gasteiger partial charge in [0.25, 0.3) is 11.8 Å². The lowest BCUT2D eigenvalue weighted by Crippen LogP contribution is -2.42. The Labute approximate surface area is 244 Å². The second-order valence-electron chi connectivity index (χ2n) is 9.23. The Morgan fingerprint density at radius 3 is 2.24 bits per heavy atom. The van der Waals surface area contributed by atoms with Crippen LogP contribution >= 0.6 is 11.8 Å². The number of carbonyl (C=O) groups excluding carboxylic acids is 3. The van der Waals surface area contributed by atoms with Crippen LogP contribution in [0.2, 0.25) is 0 Å². The van der Waals surface area contributed by atoms with Gasteiger partial charge in [-0.3, -0.25) is 19.3 Å². The Morgan fingerprint density at radius 1 is 1.00 bits per heavy atom. The zero-order valence-corrected chi connectivity index (χ0v) is 23.8. The maximum Gasteiger partial charge on any atom is 0.285 e. The van der Waals surface area contributed by atoms with E-state index in [0.29, 0.717) is 5.70 Å². The van der Waals surface area contributed by atoms with E-state index in [1.54, 1.807) is 37.3 Å². The van der Waals surface area contributed by atoms with E-state index in [0.717, 1.165) is 34.0 Å². The van der Waals surface area contributed by atoms with E-state index in [9.17, 15) is 14.4 Å². The number of nitrogens with zero attached hydrogens (tertiary/aromatic N) is 2. The molecule has 4 rings (SSSR count). The van der Waals surface area contributed by atoms with Crippen molar-refractivity contribution in [1.82, 2.24) is 10.2 Å². The van der Waals surface area contributed by atoms with Crippen molar-refractivity contribution in [1.29, 1.82) is 0 Å². The SMILES string of the molecule is C=C/C=C\C(=C/C)N1C(=O)/C(=C/c2cccc(C)c2)C(=O)N=C1SCC(=O)NC(c1ccccc1)c1ccccc1. The fourth-order valence-corrected chi connectivity index (χ4v) is 5.13. The summed E-state index contributed by atoms with van der Waals surface area (Å²) in [5.74, 6) is -1.47. The van der Waals surface area contributed by atoms with Crippen molar-refractivity contribution in [3.8, 4) is 0 Å². The van der Waals surface area contributed by atoms with Crippen molar-refractivity contribution >= 4 is 40.7 Å². The molecule has 0 aliphatic carbocycles. The highest BCUT2D eigenvalue weighted by atomic mass is 32.2. The summed E-state index contributed by atoms with van der Waals surface area (Å²) in [6, 6.07) is 26.6. The van der Waals surface area contributed by atoms with Crippen molar-refractivity contribution in [3.63, 3.8) is 0 Å². The molecule has 1 aliphatic heterocycles. The summed E-state index contributed by atoms with van der Waals surface area (Å²) >= 11 is 1.04. The second kappa shape index (κ2) is 14.1. The van der Waals surface area contributed by atoms with Gasteiger partial charge < -0.3 is 5.32 Å². The van der Waals surface area contributed by atoms with Crippen molar-refractivity contribution in [2.45, 2.75) is 19.9 Å². The van der Waals surface area contributed by atoms with Crippen molar-refractivity contribution in [3.05, 3.63) is 149 Å². The minimum Gasteiger partial charge on any atom is -0.344 e. The highest BCUT2D eigenvalue weighted by molar-refractivity contribution is 8.14. The van der Waals surface area contributed by atoms with E-state index in [2.05, 4.69) is 16.9 Å². The van der Waals surface area contributed by atoms with E-state index in [4.69, 9.17) is 0 Å². The zero-order chi connectivity index (χ0) is 29.2. The first kappa shape index (κ1) is 29.2. The standard InChI is InChI=1S/C34H31N3O3S/c1-4-6-20-28(5-2)37-33(40)29(22-25-15-13-14-24(3)21-25)32(39)36-34(37)41-23-30(38)35-31(26-16-9-7-10-17-26)27-18-11-8-12-19-27/h4-22,31H,1,23H2,2-3H3,(H,35,38)/b20-6-,28-5+,29-22+. The number of amidine groups is 1. The first-order chi connectivity index (χ1) is 19.9. The Bertz CT molecular complexity index is 1520. The van der Waals surface area contributed by atoms with Gasteiger partial charge in [-0.25, -0.2) is 0 Å². The minimum atomic E-state index is -0.648. The number of aliphatic imine (C=N–C) groups is 1. The molecule has 3 aromatic carbocycles. The van der Waals surface area contributed by atoms with Gasteiger partial charge in [0, 0.05) is 5.70 Å². The fraction of sp³-hybridized carbons (Fsp3) is 0.118. The van der Waals surface area contributed by atoms with Gasteiger partial charge in [0.2, 0.25) is 5.91 Å². The smallest absolute Gasteiger partial charge is 0.285 e. The van der Waals surface area contributed by atoms with Gasteiger partial charge in [0.15, 0.2) is 5.17 Å². The maximum absolute atomic E-state index is 13.7. The average Bonchev–Trinajstić information content (AvgIpc) is 2.99. The van der Waals surface area contributed by atoms with E-state index < -0.39 is 11.8 Å². The number of amides is 3. The molecule has 6 nitrogen and oxygen atoms in total. The van der Waals surface area contributed by atoms with Crippen molar-refractivity contribution in [2.24, 2.45) is 4.99 Å². The summed E-state index contributed by atoms with van der Waals surface area (Å²) in [4.78, 5) is 45.7. The first-order valence-corrected chi connectivity index (χ1v) is 14.1. The Kier molecular flexibility index (Phi) is 10.0. The monoisotopic (exact) mass is 561 g/mol. The van der Waals surface area contributed by atoms with Crippen molar-refractivity contribution in [2.75, 3.05) is 5.75 Å². The molecule has 1 N–H and O–H groups in total. The van der Waals surface area contributed by atoms with E-state index in [1.807, 2.05) is 91.9 Å². The molecular formula is C34H31N3O3S.